The van der Waals surface area contributed by atoms with E-state index in [1.807, 2.05) is 6.07 Å². The SMILES string of the molecule is CC(C)(C)OC(=O)Cc1nn(Cc2nc3cc(CF)ccc3s2)c(=O)c2cccnc12. The van der Waals surface area contributed by atoms with Crippen LogP contribution >= 0.6 is 11.3 Å². The maximum absolute atomic E-state index is 13.0. The van der Waals surface area contributed by atoms with Crippen molar-refractivity contribution in [3.63, 3.8) is 0 Å². The van der Waals surface area contributed by atoms with Gasteiger partial charge < -0.3 is 4.74 Å². The average Bonchev–Trinajstić information content (AvgIpc) is 3.11. The monoisotopic (exact) mass is 440 g/mol. The number of esters is 1. The summed E-state index contributed by atoms with van der Waals surface area (Å²) in [5.74, 6) is -0.448. The lowest BCUT2D eigenvalue weighted by atomic mass is 10.1. The van der Waals surface area contributed by atoms with Gasteiger partial charge in [0.25, 0.3) is 5.56 Å². The van der Waals surface area contributed by atoms with Crippen molar-refractivity contribution >= 4 is 38.4 Å². The Kier molecular flexibility index (Phi) is 5.53. The Hall–Kier alpha value is -3.20. The molecule has 0 saturated carbocycles. The number of carbonyl (C=O) groups excluding carboxylic acids is 1. The van der Waals surface area contributed by atoms with E-state index in [4.69, 9.17) is 4.74 Å². The minimum absolute atomic E-state index is 0.106. The third kappa shape index (κ3) is 4.61. The molecule has 3 heterocycles. The van der Waals surface area contributed by atoms with E-state index >= 15 is 0 Å². The molecule has 0 unspecified atom stereocenters. The van der Waals surface area contributed by atoms with Gasteiger partial charge in [-0.25, -0.2) is 14.1 Å². The van der Waals surface area contributed by atoms with Gasteiger partial charge in [-0.1, -0.05) is 6.07 Å². The molecule has 0 fully saturated rings. The van der Waals surface area contributed by atoms with Gasteiger partial charge in [0, 0.05) is 6.20 Å². The summed E-state index contributed by atoms with van der Waals surface area (Å²) in [4.78, 5) is 34.2. The number of rotatable bonds is 5. The minimum Gasteiger partial charge on any atom is -0.460 e. The molecule has 7 nitrogen and oxygen atoms in total. The van der Waals surface area contributed by atoms with E-state index < -0.39 is 18.2 Å². The third-order valence-corrected chi connectivity index (χ3v) is 5.48. The van der Waals surface area contributed by atoms with Gasteiger partial charge in [0.15, 0.2) is 0 Å². The van der Waals surface area contributed by atoms with E-state index in [9.17, 15) is 14.0 Å². The Balaban J connectivity index is 1.73. The molecule has 0 atom stereocenters. The normalized spacial score (nSPS) is 11.9. The van der Waals surface area contributed by atoms with Crippen molar-refractivity contribution in [2.75, 3.05) is 0 Å². The molecule has 1 aromatic carbocycles. The highest BCUT2D eigenvalue weighted by Crippen LogP contribution is 2.24. The van der Waals surface area contributed by atoms with Crippen LogP contribution in [0.2, 0.25) is 0 Å². The predicted molar refractivity (Wildman–Crippen MR) is 117 cm³/mol. The number of hydrogen-bond donors (Lipinski definition) is 0. The predicted octanol–water partition coefficient (Wildman–Crippen LogP) is 3.80. The maximum Gasteiger partial charge on any atom is 0.312 e. The van der Waals surface area contributed by atoms with Crippen molar-refractivity contribution in [2.24, 2.45) is 0 Å². The number of thiazole rings is 1. The zero-order chi connectivity index (χ0) is 22.2. The van der Waals surface area contributed by atoms with Crippen LogP contribution in [-0.2, 0) is 29.2 Å². The molecular weight excluding hydrogens is 419 g/mol. The molecular formula is C22H21FN4O3S. The van der Waals surface area contributed by atoms with Crippen LogP contribution in [0.25, 0.3) is 21.1 Å². The number of nitrogens with zero attached hydrogens (tertiary/aromatic N) is 4. The lowest BCUT2D eigenvalue weighted by molar-refractivity contribution is -0.153. The van der Waals surface area contributed by atoms with Gasteiger partial charge in [-0.15, -0.1) is 11.3 Å². The highest BCUT2D eigenvalue weighted by atomic mass is 32.1. The number of alkyl halides is 1. The van der Waals surface area contributed by atoms with Crippen LogP contribution in [0, 0.1) is 0 Å². The fourth-order valence-corrected chi connectivity index (χ4v) is 4.16. The summed E-state index contributed by atoms with van der Waals surface area (Å²) in [5, 5.41) is 5.45. The van der Waals surface area contributed by atoms with E-state index in [0.717, 1.165) is 4.70 Å². The van der Waals surface area contributed by atoms with Crippen LogP contribution in [0.4, 0.5) is 4.39 Å². The molecule has 0 aliphatic carbocycles. The molecule has 0 bridgehead atoms. The topological polar surface area (TPSA) is 87.0 Å². The molecule has 0 saturated heterocycles. The van der Waals surface area contributed by atoms with Crippen LogP contribution in [0.3, 0.4) is 0 Å². The fourth-order valence-electron chi connectivity index (χ4n) is 3.23. The summed E-state index contributed by atoms with van der Waals surface area (Å²) < 4.78 is 20.5. The molecule has 9 heteroatoms. The van der Waals surface area contributed by atoms with Gasteiger partial charge in [0.1, 0.15) is 17.3 Å². The van der Waals surface area contributed by atoms with Gasteiger partial charge in [-0.3, -0.25) is 14.6 Å². The molecule has 4 rings (SSSR count). The zero-order valence-electron chi connectivity index (χ0n) is 17.4. The van der Waals surface area contributed by atoms with Crippen molar-refractivity contribution < 1.29 is 13.9 Å². The van der Waals surface area contributed by atoms with Crippen molar-refractivity contribution in [1.82, 2.24) is 19.7 Å². The molecule has 0 amide bonds. The summed E-state index contributed by atoms with van der Waals surface area (Å²) >= 11 is 1.41. The summed E-state index contributed by atoms with van der Waals surface area (Å²) in [6.07, 6.45) is 1.45. The van der Waals surface area contributed by atoms with E-state index in [2.05, 4.69) is 15.1 Å². The molecule has 160 valence electrons. The first-order chi connectivity index (χ1) is 14.7. The quantitative estimate of drug-likeness (QED) is 0.439. The molecule has 0 N–H and O–H groups in total. The first-order valence-corrected chi connectivity index (χ1v) is 10.6. The summed E-state index contributed by atoms with van der Waals surface area (Å²) in [6, 6.07) is 8.56. The number of carbonyl (C=O) groups is 1. The molecule has 0 aliphatic rings. The van der Waals surface area contributed by atoms with Crippen molar-refractivity contribution in [1.29, 1.82) is 0 Å². The molecule has 0 spiro atoms. The van der Waals surface area contributed by atoms with Gasteiger partial charge in [0.05, 0.1) is 39.8 Å². The standard InChI is InChI=1S/C22H21FN4O3S/c1-22(2,3)30-19(28)10-16-20-14(5-4-8-24-20)21(29)27(26-16)12-18-25-15-9-13(11-23)6-7-17(15)31-18/h4-9H,10-12H2,1-3H3. The highest BCUT2D eigenvalue weighted by Gasteiger charge is 2.20. The Morgan fingerprint density at radius 1 is 1.26 bits per heavy atom. The zero-order valence-corrected chi connectivity index (χ0v) is 18.2. The number of fused-ring (bicyclic) bond motifs is 2. The van der Waals surface area contributed by atoms with E-state index in [1.165, 1.54) is 16.0 Å². The second kappa shape index (κ2) is 8.14. The van der Waals surface area contributed by atoms with Gasteiger partial charge in [-0.2, -0.15) is 5.10 Å². The number of hydrogen-bond acceptors (Lipinski definition) is 7. The second-order valence-corrected chi connectivity index (χ2v) is 9.23. The number of pyridine rings is 1. The second-order valence-electron chi connectivity index (χ2n) is 8.12. The van der Waals surface area contributed by atoms with E-state index in [1.54, 1.807) is 51.2 Å². The fraction of sp³-hybridized carbons (Fsp3) is 0.318. The van der Waals surface area contributed by atoms with Crippen LogP contribution in [0.5, 0.6) is 0 Å². The number of benzene rings is 1. The van der Waals surface area contributed by atoms with Gasteiger partial charge >= 0.3 is 5.97 Å². The molecule has 3 aromatic heterocycles. The highest BCUT2D eigenvalue weighted by molar-refractivity contribution is 7.18. The molecule has 31 heavy (non-hydrogen) atoms. The minimum atomic E-state index is -0.631. The van der Waals surface area contributed by atoms with Crippen molar-refractivity contribution in [3.05, 3.63) is 63.1 Å². The first kappa shape index (κ1) is 21.0. The Morgan fingerprint density at radius 3 is 2.81 bits per heavy atom. The Bertz CT molecular complexity index is 1340. The lowest BCUT2D eigenvalue weighted by Gasteiger charge is -2.19. The van der Waals surface area contributed by atoms with Crippen LogP contribution < -0.4 is 5.56 Å². The van der Waals surface area contributed by atoms with Crippen LogP contribution in [0.1, 0.15) is 37.0 Å². The average molecular weight is 441 g/mol. The molecule has 4 aromatic rings. The summed E-state index contributed by atoms with van der Waals surface area (Å²) in [6.45, 7) is 4.94. The third-order valence-electron chi connectivity index (χ3n) is 4.45. The van der Waals surface area contributed by atoms with Gasteiger partial charge in [-0.05, 0) is 50.6 Å². The Labute approximate surface area is 181 Å². The maximum atomic E-state index is 13.0. The number of aromatic nitrogens is 4. The van der Waals surface area contributed by atoms with Gasteiger partial charge in [0.2, 0.25) is 0 Å². The Morgan fingerprint density at radius 2 is 2.06 bits per heavy atom. The smallest absolute Gasteiger partial charge is 0.312 e. The molecule has 0 aliphatic heterocycles. The summed E-state index contributed by atoms with van der Waals surface area (Å²) in [7, 11) is 0. The number of halogens is 1. The van der Waals surface area contributed by atoms with Crippen LogP contribution in [0.15, 0.2) is 41.3 Å². The summed E-state index contributed by atoms with van der Waals surface area (Å²) in [5.41, 5.74) is 1.03. The van der Waals surface area contributed by atoms with Crippen LogP contribution in [-0.4, -0.2) is 31.3 Å². The van der Waals surface area contributed by atoms with E-state index in [0.29, 0.717) is 32.7 Å². The van der Waals surface area contributed by atoms with Crippen molar-refractivity contribution in [3.8, 4) is 0 Å². The van der Waals surface area contributed by atoms with Crippen molar-refractivity contribution in [2.45, 2.75) is 46.0 Å². The number of ether oxygens (including phenoxy) is 1. The first-order valence-electron chi connectivity index (χ1n) is 9.74. The lowest BCUT2D eigenvalue weighted by Crippen LogP contribution is -2.28. The van der Waals surface area contributed by atoms with E-state index in [-0.39, 0.29) is 18.5 Å². The molecule has 0 radical (unpaired) electrons. The largest absolute Gasteiger partial charge is 0.460 e.